The molecule has 0 amide bonds. The average Bonchev–Trinajstić information content (AvgIpc) is 2.70. The second-order valence-corrected chi connectivity index (χ2v) is 4.91. The summed E-state index contributed by atoms with van der Waals surface area (Å²) >= 11 is 0. The molecule has 0 bridgehead atoms. The molecule has 5 nitrogen and oxygen atoms in total. The van der Waals surface area contributed by atoms with Crippen LogP contribution in [0.25, 0.3) is 0 Å². The lowest BCUT2D eigenvalue weighted by molar-refractivity contribution is 0.278. The van der Waals surface area contributed by atoms with Gasteiger partial charge in [0.1, 0.15) is 0 Å². The summed E-state index contributed by atoms with van der Waals surface area (Å²) in [5.74, 6) is 0.708. The van der Waals surface area contributed by atoms with E-state index in [0.717, 1.165) is 38.4 Å². The second kappa shape index (κ2) is 7.40. The molecule has 0 aromatic carbocycles. The summed E-state index contributed by atoms with van der Waals surface area (Å²) in [6.07, 6.45) is 2.02. The largest absolute Gasteiger partial charge is 0.311 e. The molecule has 0 aliphatic rings. The molecule has 17 heavy (non-hydrogen) atoms. The minimum Gasteiger partial charge on any atom is -0.311 e. The predicted octanol–water partition coefficient (Wildman–Crippen LogP) is 0.975. The number of nitrogens with zero attached hydrogens (tertiary/aromatic N) is 4. The maximum atomic E-state index is 4.12. The molecule has 0 saturated heterocycles. The van der Waals surface area contributed by atoms with Crippen LogP contribution < -0.4 is 5.32 Å². The van der Waals surface area contributed by atoms with Crippen LogP contribution in [0.3, 0.4) is 0 Å². The summed E-state index contributed by atoms with van der Waals surface area (Å²) in [6, 6.07) is 0. The Kier molecular flexibility index (Phi) is 6.15. The van der Waals surface area contributed by atoms with Gasteiger partial charge in [-0.15, -0.1) is 5.10 Å². The van der Waals surface area contributed by atoms with Crippen molar-refractivity contribution in [2.75, 3.05) is 26.7 Å². The van der Waals surface area contributed by atoms with Crippen molar-refractivity contribution in [2.24, 2.45) is 5.92 Å². The molecule has 0 radical (unpaired) electrons. The van der Waals surface area contributed by atoms with Crippen LogP contribution in [0.2, 0.25) is 0 Å². The van der Waals surface area contributed by atoms with Gasteiger partial charge >= 0.3 is 0 Å². The van der Waals surface area contributed by atoms with E-state index in [4.69, 9.17) is 0 Å². The van der Waals surface area contributed by atoms with Crippen molar-refractivity contribution in [3.05, 3.63) is 11.9 Å². The monoisotopic (exact) mass is 239 g/mol. The van der Waals surface area contributed by atoms with Crippen molar-refractivity contribution in [3.8, 4) is 0 Å². The Morgan fingerprint density at radius 2 is 2.24 bits per heavy atom. The smallest absolute Gasteiger partial charge is 0.0964 e. The first-order valence-corrected chi connectivity index (χ1v) is 6.40. The van der Waals surface area contributed by atoms with E-state index in [9.17, 15) is 0 Å². The number of hydrogen-bond donors (Lipinski definition) is 1. The predicted molar refractivity (Wildman–Crippen MR) is 69.7 cm³/mol. The van der Waals surface area contributed by atoms with Crippen LogP contribution in [-0.2, 0) is 13.1 Å². The first-order chi connectivity index (χ1) is 8.11. The highest BCUT2D eigenvalue weighted by Crippen LogP contribution is 1.97. The topological polar surface area (TPSA) is 46.0 Å². The normalized spacial score (nSPS) is 11.6. The van der Waals surface area contributed by atoms with E-state index in [0.29, 0.717) is 5.92 Å². The molecule has 0 atom stereocenters. The zero-order chi connectivity index (χ0) is 12.7. The van der Waals surface area contributed by atoms with Gasteiger partial charge in [0.2, 0.25) is 0 Å². The lowest BCUT2D eigenvalue weighted by Crippen LogP contribution is -2.27. The lowest BCUT2D eigenvalue weighted by atomic mass is 10.2. The molecule has 0 fully saturated rings. The molecule has 0 spiro atoms. The fourth-order valence-electron chi connectivity index (χ4n) is 1.77. The van der Waals surface area contributed by atoms with Gasteiger partial charge in [-0.25, -0.2) is 0 Å². The number of nitrogens with one attached hydrogen (secondary N) is 1. The third-order valence-electron chi connectivity index (χ3n) is 2.53. The van der Waals surface area contributed by atoms with Crippen molar-refractivity contribution in [3.63, 3.8) is 0 Å². The van der Waals surface area contributed by atoms with E-state index < -0.39 is 0 Å². The zero-order valence-corrected chi connectivity index (χ0v) is 11.5. The van der Waals surface area contributed by atoms with Crippen LogP contribution in [0.1, 0.15) is 26.5 Å². The van der Waals surface area contributed by atoms with Gasteiger partial charge < -0.3 is 10.2 Å². The van der Waals surface area contributed by atoms with E-state index in [1.54, 1.807) is 0 Å². The van der Waals surface area contributed by atoms with E-state index in [1.165, 1.54) is 0 Å². The van der Waals surface area contributed by atoms with E-state index in [2.05, 4.69) is 48.3 Å². The molecule has 98 valence electrons. The van der Waals surface area contributed by atoms with Gasteiger partial charge in [0, 0.05) is 25.8 Å². The summed E-state index contributed by atoms with van der Waals surface area (Å²) in [7, 11) is 2.15. The van der Waals surface area contributed by atoms with Crippen molar-refractivity contribution >= 4 is 0 Å². The van der Waals surface area contributed by atoms with Gasteiger partial charge in [0.05, 0.1) is 12.2 Å². The highest BCUT2D eigenvalue weighted by atomic mass is 15.4. The molecule has 1 heterocycles. The Morgan fingerprint density at radius 1 is 1.47 bits per heavy atom. The van der Waals surface area contributed by atoms with E-state index in [1.807, 2.05) is 10.9 Å². The average molecular weight is 239 g/mol. The maximum absolute atomic E-state index is 4.12. The van der Waals surface area contributed by atoms with Gasteiger partial charge in [-0.1, -0.05) is 26.0 Å². The van der Waals surface area contributed by atoms with Gasteiger partial charge in [-0.2, -0.15) is 0 Å². The third kappa shape index (κ3) is 5.79. The maximum Gasteiger partial charge on any atom is 0.0964 e. The van der Waals surface area contributed by atoms with E-state index >= 15 is 0 Å². The van der Waals surface area contributed by atoms with Gasteiger partial charge in [0.25, 0.3) is 0 Å². The van der Waals surface area contributed by atoms with Gasteiger partial charge in [-0.05, 0) is 19.5 Å². The van der Waals surface area contributed by atoms with Crippen molar-refractivity contribution in [1.29, 1.82) is 0 Å². The van der Waals surface area contributed by atoms with Gasteiger partial charge in [0.15, 0.2) is 0 Å². The number of likely N-dealkylation sites (N-methyl/N-ethyl adjacent to an activating group) is 1. The highest BCUT2D eigenvalue weighted by Gasteiger charge is 2.03. The molecule has 0 unspecified atom stereocenters. The highest BCUT2D eigenvalue weighted by molar-refractivity contribution is 4.91. The Balaban J connectivity index is 2.29. The van der Waals surface area contributed by atoms with Crippen LogP contribution in [0.4, 0.5) is 0 Å². The fraction of sp³-hybridized carbons (Fsp3) is 0.833. The molecule has 0 saturated carbocycles. The van der Waals surface area contributed by atoms with Crippen LogP contribution in [0.15, 0.2) is 6.20 Å². The number of aromatic nitrogens is 3. The summed E-state index contributed by atoms with van der Waals surface area (Å²) in [4.78, 5) is 2.33. The molecular weight excluding hydrogens is 214 g/mol. The molecular formula is C12H25N5. The minimum atomic E-state index is 0.708. The molecule has 1 N–H and O–H groups in total. The van der Waals surface area contributed by atoms with Crippen molar-refractivity contribution < 1.29 is 0 Å². The summed E-state index contributed by atoms with van der Waals surface area (Å²) in [6.45, 7) is 11.4. The minimum absolute atomic E-state index is 0.708. The lowest BCUT2D eigenvalue weighted by Gasteiger charge is -2.18. The quantitative estimate of drug-likeness (QED) is 0.734. The van der Waals surface area contributed by atoms with Crippen LogP contribution in [0.5, 0.6) is 0 Å². The Morgan fingerprint density at radius 3 is 2.88 bits per heavy atom. The molecule has 1 rings (SSSR count). The standard InChI is InChI=1S/C12H25N5/c1-5-13-8-12-10-17(15-14-12)7-6-16(4)9-11(2)3/h10-11,13H,5-9H2,1-4H3. The van der Waals surface area contributed by atoms with Crippen molar-refractivity contribution in [1.82, 2.24) is 25.2 Å². The summed E-state index contributed by atoms with van der Waals surface area (Å²) < 4.78 is 1.92. The van der Waals surface area contributed by atoms with E-state index in [-0.39, 0.29) is 0 Å². The van der Waals surface area contributed by atoms with Crippen LogP contribution in [-0.4, -0.2) is 46.6 Å². The Bertz CT molecular complexity index is 308. The van der Waals surface area contributed by atoms with Crippen molar-refractivity contribution in [2.45, 2.75) is 33.9 Å². The fourth-order valence-corrected chi connectivity index (χ4v) is 1.77. The van der Waals surface area contributed by atoms with Crippen LogP contribution in [0, 0.1) is 5.92 Å². The Labute approximate surface area is 104 Å². The number of hydrogen-bond acceptors (Lipinski definition) is 4. The zero-order valence-electron chi connectivity index (χ0n) is 11.5. The van der Waals surface area contributed by atoms with Gasteiger partial charge in [-0.3, -0.25) is 4.68 Å². The molecule has 1 aromatic heterocycles. The molecule has 0 aliphatic carbocycles. The summed E-state index contributed by atoms with van der Waals surface area (Å²) in [5.41, 5.74) is 1.01. The molecule has 0 aliphatic heterocycles. The molecule has 1 aromatic rings. The second-order valence-electron chi connectivity index (χ2n) is 4.91. The third-order valence-corrected chi connectivity index (χ3v) is 2.53. The Hall–Kier alpha value is -0.940. The summed E-state index contributed by atoms with van der Waals surface area (Å²) in [5, 5.41) is 11.5. The first-order valence-electron chi connectivity index (χ1n) is 6.40. The SMILES string of the molecule is CCNCc1cn(CCN(C)CC(C)C)nn1. The first kappa shape index (κ1) is 14.1. The molecule has 5 heteroatoms. The van der Waals surface area contributed by atoms with Crippen LogP contribution >= 0.6 is 0 Å². The number of rotatable bonds is 8.